The molecular formula is C21H23FN4OS2. The van der Waals surface area contributed by atoms with Crippen molar-refractivity contribution in [2.45, 2.75) is 37.1 Å². The standard InChI is InChI=1S/C21H23FN4OS2/c1-3-26-19(13-28-12-16-6-4-15(2)5-7-16)24-25-21(26)29-14-20(27)23-18-10-8-17(22)9-11-18/h4-11H,3,12-14H2,1-2H3,(H,23,27). The van der Waals surface area contributed by atoms with E-state index in [0.29, 0.717) is 5.69 Å². The fourth-order valence-electron chi connectivity index (χ4n) is 2.66. The highest BCUT2D eigenvalue weighted by Gasteiger charge is 2.13. The Morgan fingerprint density at radius 3 is 2.48 bits per heavy atom. The van der Waals surface area contributed by atoms with Gasteiger partial charge in [-0.1, -0.05) is 41.6 Å². The van der Waals surface area contributed by atoms with E-state index in [1.807, 2.05) is 11.5 Å². The summed E-state index contributed by atoms with van der Waals surface area (Å²) in [5.41, 5.74) is 3.12. The fraction of sp³-hybridized carbons (Fsp3) is 0.286. The van der Waals surface area contributed by atoms with Crippen molar-refractivity contribution in [1.29, 1.82) is 0 Å². The van der Waals surface area contributed by atoms with Crippen molar-refractivity contribution in [2.75, 3.05) is 11.1 Å². The maximum Gasteiger partial charge on any atom is 0.234 e. The first kappa shape index (κ1) is 21.4. The number of benzene rings is 2. The molecule has 0 spiro atoms. The van der Waals surface area contributed by atoms with Crippen molar-refractivity contribution in [3.05, 3.63) is 71.3 Å². The molecule has 0 unspecified atom stereocenters. The normalized spacial score (nSPS) is 10.9. The molecule has 1 amide bonds. The Labute approximate surface area is 178 Å². The summed E-state index contributed by atoms with van der Waals surface area (Å²) in [4.78, 5) is 12.1. The van der Waals surface area contributed by atoms with Gasteiger partial charge >= 0.3 is 0 Å². The van der Waals surface area contributed by atoms with Crippen molar-refractivity contribution in [3.63, 3.8) is 0 Å². The van der Waals surface area contributed by atoms with E-state index in [0.717, 1.165) is 29.0 Å². The lowest BCUT2D eigenvalue weighted by Crippen LogP contribution is -2.14. The highest BCUT2D eigenvalue weighted by molar-refractivity contribution is 7.99. The maximum absolute atomic E-state index is 12.9. The van der Waals surface area contributed by atoms with E-state index >= 15 is 0 Å². The smallest absolute Gasteiger partial charge is 0.234 e. The van der Waals surface area contributed by atoms with Crippen molar-refractivity contribution < 1.29 is 9.18 Å². The van der Waals surface area contributed by atoms with Crippen LogP contribution in [-0.4, -0.2) is 26.4 Å². The molecule has 3 aromatic rings. The number of halogens is 1. The highest BCUT2D eigenvalue weighted by atomic mass is 32.2. The quantitative estimate of drug-likeness (QED) is 0.489. The monoisotopic (exact) mass is 430 g/mol. The number of carbonyl (C=O) groups is 1. The zero-order chi connectivity index (χ0) is 20.6. The van der Waals surface area contributed by atoms with Crippen LogP contribution < -0.4 is 5.32 Å². The average Bonchev–Trinajstić information content (AvgIpc) is 3.11. The summed E-state index contributed by atoms with van der Waals surface area (Å²) in [6.45, 7) is 4.87. The molecule has 2 aromatic carbocycles. The summed E-state index contributed by atoms with van der Waals surface area (Å²) in [6.07, 6.45) is 0. The van der Waals surface area contributed by atoms with Gasteiger partial charge in [0.1, 0.15) is 11.6 Å². The van der Waals surface area contributed by atoms with Crippen LogP contribution in [0.2, 0.25) is 0 Å². The molecule has 152 valence electrons. The predicted molar refractivity (Wildman–Crippen MR) is 118 cm³/mol. The number of nitrogens with one attached hydrogen (secondary N) is 1. The number of aryl methyl sites for hydroxylation is 1. The van der Waals surface area contributed by atoms with Gasteiger partial charge in [-0.25, -0.2) is 4.39 Å². The molecule has 1 aromatic heterocycles. The van der Waals surface area contributed by atoms with Gasteiger partial charge in [0.15, 0.2) is 5.16 Å². The van der Waals surface area contributed by atoms with Gasteiger partial charge in [0.2, 0.25) is 5.91 Å². The van der Waals surface area contributed by atoms with Gasteiger partial charge in [0.25, 0.3) is 0 Å². The number of aromatic nitrogens is 3. The lowest BCUT2D eigenvalue weighted by Gasteiger charge is -2.08. The van der Waals surface area contributed by atoms with E-state index in [4.69, 9.17) is 0 Å². The van der Waals surface area contributed by atoms with Crippen LogP contribution in [0.4, 0.5) is 10.1 Å². The molecule has 0 saturated carbocycles. The summed E-state index contributed by atoms with van der Waals surface area (Å²) in [6, 6.07) is 14.2. The second kappa shape index (κ2) is 10.5. The molecule has 0 fully saturated rings. The Hall–Kier alpha value is -2.32. The third-order valence-corrected chi connectivity index (χ3v) is 6.16. The average molecular weight is 431 g/mol. The molecule has 1 heterocycles. The molecule has 5 nitrogen and oxygen atoms in total. The van der Waals surface area contributed by atoms with Gasteiger partial charge in [-0.05, 0) is 43.7 Å². The summed E-state index contributed by atoms with van der Waals surface area (Å²) in [5, 5.41) is 12.0. The van der Waals surface area contributed by atoms with Crippen LogP contribution in [0.3, 0.4) is 0 Å². The van der Waals surface area contributed by atoms with Crippen LogP contribution in [0.5, 0.6) is 0 Å². The number of amides is 1. The maximum atomic E-state index is 12.9. The van der Waals surface area contributed by atoms with Gasteiger partial charge in [-0.15, -0.1) is 22.0 Å². The summed E-state index contributed by atoms with van der Waals surface area (Å²) >= 11 is 3.14. The molecule has 29 heavy (non-hydrogen) atoms. The Balaban J connectivity index is 1.51. The molecule has 0 aliphatic heterocycles. The second-order valence-electron chi connectivity index (χ2n) is 6.47. The van der Waals surface area contributed by atoms with E-state index < -0.39 is 0 Å². The minimum absolute atomic E-state index is 0.164. The molecule has 0 bridgehead atoms. The van der Waals surface area contributed by atoms with Gasteiger partial charge in [-0.2, -0.15) is 0 Å². The van der Waals surface area contributed by atoms with Gasteiger partial charge < -0.3 is 9.88 Å². The Morgan fingerprint density at radius 1 is 1.07 bits per heavy atom. The minimum atomic E-state index is -0.332. The molecule has 0 aliphatic carbocycles. The van der Waals surface area contributed by atoms with Crippen LogP contribution in [0.15, 0.2) is 53.7 Å². The summed E-state index contributed by atoms with van der Waals surface area (Å²) in [7, 11) is 0. The van der Waals surface area contributed by atoms with Gasteiger partial charge in [0, 0.05) is 18.0 Å². The lowest BCUT2D eigenvalue weighted by atomic mass is 10.2. The van der Waals surface area contributed by atoms with Crippen LogP contribution in [0.25, 0.3) is 0 Å². The van der Waals surface area contributed by atoms with Crippen molar-refractivity contribution in [2.24, 2.45) is 0 Å². The summed E-state index contributed by atoms with van der Waals surface area (Å²) < 4.78 is 15.0. The topological polar surface area (TPSA) is 59.8 Å². The fourth-order valence-corrected chi connectivity index (χ4v) is 4.40. The highest BCUT2D eigenvalue weighted by Crippen LogP contribution is 2.22. The predicted octanol–water partition coefficient (Wildman–Crippen LogP) is 4.91. The van der Waals surface area contributed by atoms with Gasteiger partial charge in [-0.3, -0.25) is 4.79 Å². The van der Waals surface area contributed by atoms with Crippen molar-refractivity contribution in [1.82, 2.24) is 14.8 Å². The molecule has 1 N–H and O–H groups in total. The van der Waals surface area contributed by atoms with Crippen LogP contribution in [0, 0.1) is 12.7 Å². The Kier molecular flexibility index (Phi) is 7.71. The van der Waals surface area contributed by atoms with E-state index in [1.165, 1.54) is 47.2 Å². The zero-order valence-corrected chi connectivity index (χ0v) is 18.0. The first-order chi connectivity index (χ1) is 14.0. The minimum Gasteiger partial charge on any atom is -0.325 e. The Morgan fingerprint density at radius 2 is 1.79 bits per heavy atom. The van der Waals surface area contributed by atoms with Crippen LogP contribution >= 0.6 is 23.5 Å². The third-order valence-electron chi connectivity index (χ3n) is 4.19. The molecule has 8 heteroatoms. The molecule has 0 aliphatic rings. The largest absolute Gasteiger partial charge is 0.325 e. The number of carbonyl (C=O) groups excluding carboxylic acids is 1. The number of rotatable bonds is 9. The van der Waals surface area contributed by atoms with Gasteiger partial charge in [0.05, 0.1) is 11.5 Å². The molecule has 3 rings (SSSR count). The Bertz CT molecular complexity index is 942. The molecule has 0 radical (unpaired) electrons. The van der Waals surface area contributed by atoms with E-state index in [9.17, 15) is 9.18 Å². The second-order valence-corrected chi connectivity index (χ2v) is 8.39. The van der Waals surface area contributed by atoms with E-state index in [-0.39, 0.29) is 17.5 Å². The van der Waals surface area contributed by atoms with Crippen LogP contribution in [-0.2, 0) is 22.8 Å². The number of anilines is 1. The van der Waals surface area contributed by atoms with Crippen molar-refractivity contribution in [3.8, 4) is 0 Å². The SMILES string of the molecule is CCn1c(CSCc2ccc(C)cc2)nnc1SCC(=O)Nc1ccc(F)cc1. The lowest BCUT2D eigenvalue weighted by molar-refractivity contribution is -0.113. The number of hydrogen-bond acceptors (Lipinski definition) is 5. The van der Waals surface area contributed by atoms with E-state index in [2.05, 4.69) is 46.7 Å². The molecule has 0 atom stereocenters. The first-order valence-corrected chi connectivity index (χ1v) is 11.4. The summed E-state index contributed by atoms with van der Waals surface area (Å²) in [5.74, 6) is 2.30. The van der Waals surface area contributed by atoms with Crippen LogP contribution in [0.1, 0.15) is 23.9 Å². The number of hydrogen-bond donors (Lipinski definition) is 1. The molecular weight excluding hydrogens is 407 g/mol. The molecule has 0 saturated heterocycles. The third kappa shape index (κ3) is 6.33. The number of nitrogens with zero attached hydrogens (tertiary/aromatic N) is 3. The first-order valence-electron chi connectivity index (χ1n) is 9.28. The van der Waals surface area contributed by atoms with Crippen molar-refractivity contribution >= 4 is 35.1 Å². The number of thioether (sulfide) groups is 2. The zero-order valence-electron chi connectivity index (χ0n) is 16.4. The van der Waals surface area contributed by atoms with E-state index in [1.54, 1.807) is 11.8 Å².